The molecule has 4 aliphatic heterocycles. The van der Waals surface area contributed by atoms with Crippen molar-refractivity contribution in [3.8, 4) is 23.0 Å². The first kappa shape index (κ1) is 44.5. The van der Waals surface area contributed by atoms with E-state index in [-0.39, 0.29) is 44.8 Å². The Morgan fingerprint density at radius 3 is 2.19 bits per heavy atom. The summed E-state index contributed by atoms with van der Waals surface area (Å²) >= 11 is 0. The zero-order valence-electron chi connectivity index (χ0n) is 33.4. The zero-order chi connectivity index (χ0) is 42.7. The highest BCUT2D eigenvalue weighted by Crippen LogP contribution is 2.53. The van der Waals surface area contributed by atoms with E-state index in [0.717, 1.165) is 6.07 Å². The number of amides is 2. The van der Waals surface area contributed by atoms with Gasteiger partial charge in [-0.3, -0.25) is 24.0 Å². The molecular weight excluding hydrogens is 746 g/mol. The molecule has 0 unspecified atom stereocenters. The van der Waals surface area contributed by atoms with Gasteiger partial charge in [-0.15, -0.1) is 0 Å². The maximum absolute atomic E-state index is 13.9. The Bertz CT molecular complexity index is 1980. The number of aromatic hydroxyl groups is 3. The summed E-state index contributed by atoms with van der Waals surface area (Å²) in [6.45, 7) is 12.8. The number of Topliss-reactive ketones (excluding diaryl/α,β-unsaturated/α-hetero) is 1. The van der Waals surface area contributed by atoms with Crippen LogP contribution in [0.25, 0.3) is 10.8 Å². The zero-order valence-corrected chi connectivity index (χ0v) is 33.4. The lowest BCUT2D eigenvalue weighted by molar-refractivity contribution is -0.160. The number of nitrogens with one attached hydrogen (secondary N) is 2. The van der Waals surface area contributed by atoms with Crippen LogP contribution in [0.2, 0.25) is 0 Å². The lowest BCUT2D eigenvalue weighted by Crippen LogP contribution is -2.46. The minimum atomic E-state index is -1.98. The van der Waals surface area contributed by atoms with E-state index in [9.17, 15) is 44.7 Å². The van der Waals surface area contributed by atoms with Crippen molar-refractivity contribution in [1.82, 2.24) is 5.48 Å². The van der Waals surface area contributed by atoms with Crippen molar-refractivity contribution >= 4 is 40.0 Å². The first-order valence-corrected chi connectivity index (χ1v) is 18.4. The maximum Gasteiger partial charge on any atom is 0.312 e. The molecule has 5 bridgehead atoms. The van der Waals surface area contributed by atoms with E-state index in [1.807, 2.05) is 0 Å². The van der Waals surface area contributed by atoms with Gasteiger partial charge in [-0.1, -0.05) is 45.9 Å². The molecule has 0 radical (unpaired) electrons. The second-order valence-electron chi connectivity index (χ2n) is 14.8. The Kier molecular flexibility index (Phi) is 14.0. The summed E-state index contributed by atoms with van der Waals surface area (Å²) in [4.78, 5) is 53.9. The van der Waals surface area contributed by atoms with Crippen molar-refractivity contribution in [2.24, 2.45) is 29.4 Å². The van der Waals surface area contributed by atoms with Crippen molar-refractivity contribution in [1.29, 1.82) is 0 Å². The van der Waals surface area contributed by atoms with Crippen LogP contribution in [0.5, 0.6) is 23.0 Å². The number of ether oxygens (including phenoxy) is 4. The molecule has 4 aliphatic rings. The predicted octanol–water partition coefficient (Wildman–Crippen LogP) is 3.13. The van der Waals surface area contributed by atoms with Gasteiger partial charge in [0, 0.05) is 67.2 Å². The third kappa shape index (κ3) is 9.18. The van der Waals surface area contributed by atoms with Gasteiger partial charge in [-0.2, -0.15) is 0 Å². The molecule has 312 valence electrons. The van der Waals surface area contributed by atoms with Crippen LogP contribution in [0, 0.1) is 30.6 Å². The van der Waals surface area contributed by atoms with Gasteiger partial charge < -0.3 is 55.5 Å². The van der Waals surface area contributed by atoms with Crippen LogP contribution >= 0.6 is 0 Å². The van der Waals surface area contributed by atoms with E-state index in [2.05, 4.69) is 15.6 Å². The largest absolute Gasteiger partial charge is 0.507 e. The average molecular weight is 800 g/mol. The van der Waals surface area contributed by atoms with Crippen LogP contribution in [-0.4, -0.2) is 99.1 Å². The molecule has 4 heterocycles. The molecular formula is C40H53N3O14. The van der Waals surface area contributed by atoms with Gasteiger partial charge in [0.15, 0.2) is 5.75 Å². The number of phenols is 3. The van der Waals surface area contributed by atoms with Crippen molar-refractivity contribution in [3.63, 3.8) is 0 Å². The third-order valence-electron chi connectivity index (χ3n) is 10.6. The Morgan fingerprint density at radius 1 is 0.965 bits per heavy atom. The molecule has 0 aliphatic carbocycles. The molecule has 10 atom stereocenters. The second kappa shape index (κ2) is 17.9. The third-order valence-corrected chi connectivity index (χ3v) is 10.6. The Hall–Kier alpha value is -5.20. The number of methoxy groups -OCH3 is 1. The number of hydroxylamine groups is 1. The maximum atomic E-state index is 13.9. The number of benzene rings is 2. The van der Waals surface area contributed by atoms with Gasteiger partial charge in [-0.25, -0.2) is 5.48 Å². The number of allylic oxidation sites excluding steroid dienone is 2. The summed E-state index contributed by atoms with van der Waals surface area (Å²) in [7, 11) is 1.43. The van der Waals surface area contributed by atoms with Gasteiger partial charge in [-0.05, 0) is 19.9 Å². The predicted molar refractivity (Wildman–Crippen MR) is 206 cm³/mol. The highest BCUT2D eigenvalue weighted by atomic mass is 16.7. The number of nitrogens with two attached hydrogens (primary N) is 1. The molecule has 2 aromatic carbocycles. The summed E-state index contributed by atoms with van der Waals surface area (Å²) in [5.74, 6) is -8.22. The molecule has 9 N–H and O–H groups in total. The summed E-state index contributed by atoms with van der Waals surface area (Å²) in [5.41, 5.74) is 7.15. The molecule has 2 aromatic rings. The molecule has 0 saturated carbocycles. The molecule has 2 amide bonds. The van der Waals surface area contributed by atoms with Crippen molar-refractivity contribution < 1.29 is 68.5 Å². The summed E-state index contributed by atoms with van der Waals surface area (Å²) in [6, 6.07) is 0.603. The second-order valence-corrected chi connectivity index (χ2v) is 14.8. The van der Waals surface area contributed by atoms with Gasteiger partial charge in [0.25, 0.3) is 17.6 Å². The van der Waals surface area contributed by atoms with Crippen LogP contribution in [0.15, 0.2) is 42.2 Å². The van der Waals surface area contributed by atoms with Crippen LogP contribution in [0.1, 0.15) is 64.4 Å². The number of carbonyl (C=O) groups excluding carboxylic acids is 4. The monoisotopic (exact) mass is 799 g/mol. The topological polar surface area (TPSA) is 266 Å². The van der Waals surface area contributed by atoms with E-state index in [4.69, 9.17) is 24.7 Å². The fourth-order valence-corrected chi connectivity index (χ4v) is 7.00. The van der Waals surface area contributed by atoms with Crippen LogP contribution in [0.3, 0.4) is 0 Å². The molecule has 57 heavy (non-hydrogen) atoms. The number of ketones is 1. The molecule has 1 saturated heterocycles. The lowest BCUT2D eigenvalue weighted by Gasteiger charge is -2.38. The van der Waals surface area contributed by atoms with E-state index in [1.165, 1.54) is 53.2 Å². The molecule has 0 aromatic heterocycles. The number of rotatable bonds is 2. The van der Waals surface area contributed by atoms with Gasteiger partial charge in [0.1, 0.15) is 29.4 Å². The fourth-order valence-electron chi connectivity index (χ4n) is 7.00. The normalized spacial score (nSPS) is 32.9. The van der Waals surface area contributed by atoms with E-state index in [0.29, 0.717) is 6.61 Å². The highest BCUT2D eigenvalue weighted by Gasteiger charge is 2.49. The minimum absolute atomic E-state index is 0.0709. The van der Waals surface area contributed by atoms with E-state index in [1.54, 1.807) is 39.8 Å². The SMILES string of the molecule is CO[C@H]1/C=C/O[C@@]2(C)Oc3c(C)c(O)c4c(O)c(cc(O)c4c3C2=O)NC(=O)/C(C)=C\C=C\[C@H](C)[C@H](O)[C@@H](C)[C@@H](O)[C@@H](C)[C@H](OC(C)=O)[C@@H]1C.N[C@@H]1CONC1=O. The molecule has 6 rings (SSSR count). The van der Waals surface area contributed by atoms with Crippen LogP contribution < -0.4 is 21.3 Å². The minimum Gasteiger partial charge on any atom is -0.507 e. The lowest BCUT2D eigenvalue weighted by atomic mass is 9.78. The average Bonchev–Trinajstić information content (AvgIpc) is 3.67. The Balaban J connectivity index is 0.000000925. The van der Waals surface area contributed by atoms with Gasteiger partial charge >= 0.3 is 11.8 Å². The number of phenolic OH excluding ortho intramolecular Hbond substituents is 3. The molecule has 1 fully saturated rings. The number of fused-ring (bicyclic) bond motifs is 14. The summed E-state index contributed by atoms with van der Waals surface area (Å²) < 4.78 is 23.2. The molecule has 17 heteroatoms. The van der Waals surface area contributed by atoms with E-state index >= 15 is 0 Å². The molecule has 0 spiro atoms. The van der Waals surface area contributed by atoms with Crippen LogP contribution in [-0.2, 0) is 33.4 Å². The number of hydrogen-bond acceptors (Lipinski definition) is 15. The van der Waals surface area contributed by atoms with Gasteiger partial charge in [0.2, 0.25) is 0 Å². The number of carbonyl (C=O) groups is 4. The number of hydrogen-bond donors (Lipinski definition) is 8. The van der Waals surface area contributed by atoms with Crippen molar-refractivity contribution in [3.05, 3.63) is 53.3 Å². The van der Waals surface area contributed by atoms with Crippen molar-refractivity contribution in [2.45, 2.75) is 91.6 Å². The van der Waals surface area contributed by atoms with Gasteiger partial charge in [0.05, 0.1) is 47.8 Å². The fraction of sp³-hybridized carbons (Fsp3) is 0.500. The molecule has 17 nitrogen and oxygen atoms in total. The number of aliphatic hydroxyl groups is 2. The summed E-state index contributed by atoms with van der Waals surface area (Å²) in [5, 5.41) is 58.2. The quantitative estimate of drug-likeness (QED) is 0.123. The Labute approximate surface area is 330 Å². The smallest absolute Gasteiger partial charge is 0.312 e. The van der Waals surface area contributed by atoms with Crippen molar-refractivity contribution in [2.75, 3.05) is 19.0 Å². The highest BCUT2D eigenvalue weighted by molar-refractivity contribution is 6.21. The first-order valence-electron chi connectivity index (χ1n) is 18.4. The number of esters is 1. The Morgan fingerprint density at radius 2 is 1.63 bits per heavy atom. The van der Waals surface area contributed by atoms with E-state index < -0.39 is 94.8 Å². The number of anilines is 1. The number of aliphatic hydroxyl groups excluding tert-OH is 2. The van der Waals surface area contributed by atoms with Crippen LogP contribution in [0.4, 0.5) is 5.69 Å². The first-order chi connectivity index (χ1) is 26.7. The summed E-state index contributed by atoms with van der Waals surface area (Å²) in [6.07, 6.45) is 3.62. The standard InChI is InChI=1S/C37H47NO12.C3H6N2O2/c1-16-11-10-12-17(2)36(46)38-23-15-24(40)26-27(32(23)44)31(43)21(6)34-28(26)35(45)37(8,50-34)48-14-13-25(47-9)18(3)33(49-22(7)39)20(5)30(42)19(4)29(16)41;4-2-1-7-5-3(2)6/h10-16,18-20,25,29-30,33,40-44H,1-9H3,(H,38,46);2H,1,4H2,(H,5,6)/b11-10+,14-13+,17-12-;/t16-,18+,19+,20+,25-,29-,30+,33+,37-;2-/m01/s1.